The standard InChI is InChI=1S/C13H17NO3S/c1-2-14(12-6-4-3-5-7-12)13(15)11-8-9-18(16,17)10-11/h3-7,11H,2,8-10H2,1H3. The Hall–Kier alpha value is -1.36. The fourth-order valence-corrected chi connectivity index (χ4v) is 4.02. The van der Waals surface area contributed by atoms with E-state index in [1.807, 2.05) is 37.3 Å². The second-order valence-electron chi connectivity index (χ2n) is 4.52. The Morgan fingerprint density at radius 1 is 1.33 bits per heavy atom. The normalized spacial score (nSPS) is 21.7. The van der Waals surface area contributed by atoms with Crippen LogP contribution in [0.5, 0.6) is 0 Å². The van der Waals surface area contributed by atoms with Crippen molar-refractivity contribution in [1.82, 2.24) is 0 Å². The SMILES string of the molecule is CCN(C(=O)C1CCS(=O)(=O)C1)c1ccccc1. The molecule has 1 aliphatic heterocycles. The van der Waals surface area contributed by atoms with Crippen LogP contribution in [0, 0.1) is 5.92 Å². The van der Waals surface area contributed by atoms with Gasteiger partial charge in [0, 0.05) is 12.2 Å². The molecular weight excluding hydrogens is 250 g/mol. The zero-order valence-electron chi connectivity index (χ0n) is 10.4. The summed E-state index contributed by atoms with van der Waals surface area (Å²) >= 11 is 0. The van der Waals surface area contributed by atoms with Gasteiger partial charge in [0.1, 0.15) is 0 Å². The van der Waals surface area contributed by atoms with Gasteiger partial charge in [0.25, 0.3) is 0 Å². The number of nitrogens with zero attached hydrogens (tertiary/aromatic N) is 1. The summed E-state index contributed by atoms with van der Waals surface area (Å²) < 4.78 is 22.8. The van der Waals surface area contributed by atoms with Crippen LogP contribution in [0.1, 0.15) is 13.3 Å². The first kappa shape index (κ1) is 13.1. The number of hydrogen-bond donors (Lipinski definition) is 0. The number of rotatable bonds is 3. The summed E-state index contributed by atoms with van der Waals surface area (Å²) in [6.45, 7) is 2.45. The summed E-state index contributed by atoms with van der Waals surface area (Å²) in [5.41, 5.74) is 0.828. The van der Waals surface area contributed by atoms with Gasteiger partial charge in [-0.15, -0.1) is 0 Å². The topological polar surface area (TPSA) is 54.5 Å². The van der Waals surface area contributed by atoms with Gasteiger partial charge < -0.3 is 4.90 Å². The lowest BCUT2D eigenvalue weighted by Gasteiger charge is -2.23. The molecule has 0 aliphatic carbocycles. The van der Waals surface area contributed by atoms with E-state index in [1.165, 1.54) is 0 Å². The van der Waals surface area contributed by atoms with Crippen molar-refractivity contribution in [3.63, 3.8) is 0 Å². The van der Waals surface area contributed by atoms with E-state index in [1.54, 1.807) is 4.90 Å². The minimum atomic E-state index is -3.01. The van der Waals surface area contributed by atoms with Crippen molar-refractivity contribution in [3.05, 3.63) is 30.3 Å². The zero-order chi connectivity index (χ0) is 13.2. The van der Waals surface area contributed by atoms with Crippen LogP contribution in [0.25, 0.3) is 0 Å². The Balaban J connectivity index is 2.17. The Morgan fingerprint density at radius 2 is 2.00 bits per heavy atom. The molecule has 1 aromatic rings. The van der Waals surface area contributed by atoms with Crippen LogP contribution in [0.4, 0.5) is 5.69 Å². The maximum absolute atomic E-state index is 12.3. The van der Waals surface area contributed by atoms with Crippen molar-refractivity contribution in [1.29, 1.82) is 0 Å². The number of amides is 1. The Bertz CT molecular complexity index is 524. The number of benzene rings is 1. The summed E-state index contributed by atoms with van der Waals surface area (Å²) in [6, 6.07) is 9.37. The first-order valence-electron chi connectivity index (χ1n) is 6.10. The third-order valence-electron chi connectivity index (χ3n) is 3.23. The van der Waals surface area contributed by atoms with Gasteiger partial charge in [0.2, 0.25) is 5.91 Å². The minimum Gasteiger partial charge on any atom is -0.312 e. The lowest BCUT2D eigenvalue weighted by Crippen LogP contribution is -2.36. The van der Waals surface area contributed by atoms with E-state index in [4.69, 9.17) is 0 Å². The van der Waals surface area contributed by atoms with Crippen LogP contribution >= 0.6 is 0 Å². The van der Waals surface area contributed by atoms with Gasteiger partial charge in [0.15, 0.2) is 9.84 Å². The van der Waals surface area contributed by atoms with E-state index in [2.05, 4.69) is 0 Å². The molecular formula is C13H17NO3S. The molecule has 1 atom stereocenters. The average Bonchev–Trinajstić information content (AvgIpc) is 2.72. The molecule has 1 saturated heterocycles. The molecule has 98 valence electrons. The highest BCUT2D eigenvalue weighted by molar-refractivity contribution is 7.91. The number of para-hydroxylation sites is 1. The Kier molecular flexibility index (Phi) is 3.71. The van der Waals surface area contributed by atoms with Gasteiger partial charge in [0.05, 0.1) is 17.4 Å². The summed E-state index contributed by atoms with van der Waals surface area (Å²) in [5, 5.41) is 0. The molecule has 0 aromatic heterocycles. The summed E-state index contributed by atoms with van der Waals surface area (Å²) in [7, 11) is -3.01. The van der Waals surface area contributed by atoms with Crippen molar-refractivity contribution in [2.24, 2.45) is 5.92 Å². The molecule has 1 aromatic carbocycles. The van der Waals surface area contributed by atoms with Crippen molar-refractivity contribution >= 4 is 21.4 Å². The van der Waals surface area contributed by atoms with Crippen molar-refractivity contribution < 1.29 is 13.2 Å². The van der Waals surface area contributed by atoms with Gasteiger partial charge in [-0.1, -0.05) is 18.2 Å². The molecule has 2 rings (SSSR count). The average molecular weight is 267 g/mol. The van der Waals surface area contributed by atoms with Crippen LogP contribution in [-0.2, 0) is 14.6 Å². The molecule has 18 heavy (non-hydrogen) atoms. The molecule has 1 amide bonds. The number of anilines is 1. The van der Waals surface area contributed by atoms with Crippen LogP contribution in [0.15, 0.2) is 30.3 Å². The van der Waals surface area contributed by atoms with E-state index < -0.39 is 9.84 Å². The highest BCUT2D eigenvalue weighted by Gasteiger charge is 2.35. The third kappa shape index (κ3) is 2.72. The summed E-state index contributed by atoms with van der Waals surface area (Å²) in [5.74, 6) is -0.329. The van der Waals surface area contributed by atoms with Crippen LogP contribution in [0.2, 0.25) is 0 Å². The van der Waals surface area contributed by atoms with Crippen LogP contribution < -0.4 is 4.90 Å². The largest absolute Gasteiger partial charge is 0.312 e. The number of hydrogen-bond acceptors (Lipinski definition) is 3. The zero-order valence-corrected chi connectivity index (χ0v) is 11.2. The second-order valence-corrected chi connectivity index (χ2v) is 6.75. The predicted molar refractivity (Wildman–Crippen MR) is 71.2 cm³/mol. The van der Waals surface area contributed by atoms with E-state index >= 15 is 0 Å². The van der Waals surface area contributed by atoms with E-state index in [9.17, 15) is 13.2 Å². The van der Waals surface area contributed by atoms with Crippen LogP contribution in [0.3, 0.4) is 0 Å². The highest BCUT2D eigenvalue weighted by Crippen LogP contribution is 2.23. The Morgan fingerprint density at radius 3 is 2.50 bits per heavy atom. The van der Waals surface area contributed by atoms with Crippen molar-refractivity contribution in [2.45, 2.75) is 13.3 Å². The molecule has 0 N–H and O–H groups in total. The highest BCUT2D eigenvalue weighted by atomic mass is 32.2. The van der Waals surface area contributed by atoms with Crippen molar-refractivity contribution in [2.75, 3.05) is 23.0 Å². The predicted octanol–water partition coefficient (Wildman–Crippen LogP) is 1.47. The summed E-state index contributed by atoms with van der Waals surface area (Å²) in [4.78, 5) is 14.0. The van der Waals surface area contributed by atoms with E-state index in [0.717, 1.165) is 5.69 Å². The third-order valence-corrected chi connectivity index (χ3v) is 5.00. The van der Waals surface area contributed by atoms with Gasteiger partial charge in [-0.3, -0.25) is 4.79 Å². The first-order valence-corrected chi connectivity index (χ1v) is 7.92. The molecule has 5 heteroatoms. The quantitative estimate of drug-likeness (QED) is 0.833. The smallest absolute Gasteiger partial charge is 0.231 e. The number of carbonyl (C=O) groups is 1. The molecule has 0 bridgehead atoms. The summed E-state index contributed by atoms with van der Waals surface area (Å²) in [6.07, 6.45) is 0.449. The van der Waals surface area contributed by atoms with Gasteiger partial charge in [-0.05, 0) is 25.5 Å². The molecule has 1 aliphatic rings. The van der Waals surface area contributed by atoms with Gasteiger partial charge >= 0.3 is 0 Å². The lowest BCUT2D eigenvalue weighted by molar-refractivity contribution is -0.121. The maximum Gasteiger partial charge on any atom is 0.231 e. The maximum atomic E-state index is 12.3. The van der Waals surface area contributed by atoms with Gasteiger partial charge in [-0.25, -0.2) is 8.42 Å². The lowest BCUT2D eigenvalue weighted by atomic mass is 10.1. The molecule has 0 spiro atoms. The van der Waals surface area contributed by atoms with Crippen molar-refractivity contribution in [3.8, 4) is 0 Å². The molecule has 1 unspecified atom stereocenters. The van der Waals surface area contributed by atoms with Crippen LogP contribution in [-0.4, -0.2) is 32.4 Å². The minimum absolute atomic E-state index is 0.00479. The van der Waals surface area contributed by atoms with Gasteiger partial charge in [-0.2, -0.15) is 0 Å². The van der Waals surface area contributed by atoms with E-state index in [-0.39, 0.29) is 23.3 Å². The number of carbonyl (C=O) groups excluding carboxylic acids is 1. The fourth-order valence-electron chi connectivity index (χ4n) is 2.28. The molecule has 1 fully saturated rings. The molecule has 4 nitrogen and oxygen atoms in total. The first-order chi connectivity index (χ1) is 8.53. The molecule has 1 heterocycles. The monoisotopic (exact) mass is 267 g/mol. The molecule has 0 saturated carbocycles. The number of sulfone groups is 1. The fraction of sp³-hybridized carbons (Fsp3) is 0.462. The van der Waals surface area contributed by atoms with E-state index in [0.29, 0.717) is 13.0 Å². The Labute approximate surface area is 108 Å². The second kappa shape index (κ2) is 5.10. The molecule has 0 radical (unpaired) electrons.